The largest absolute Gasteiger partial charge is 0.496 e. The standard InChI is InChI=1S/C20H17N3O5.C20H15N3O4.2CH4.ClH/c1-28-18-7-5-13(11-22-12-15(20(21)25)6-8-19(22)24)9-17(18)14-3-2-4-16(10-14)23(26)27;1-27-19-7-5-14(12-22-13-15(11-21)6-8-20(22)24)9-18(19)16-3-2-4-17(10-16)23(25)26;;;/h2-10,12H,11H2,1H3,(H2,21,25);2-10,13H,12H2,1H3;2*1H4;1H. The number of aromatic nitrogens is 2. The Balaban J connectivity index is 0.000000381. The minimum atomic E-state index is -0.624. The highest BCUT2D eigenvalue weighted by Gasteiger charge is 2.14. The SMILES string of the molecule is C.C.COc1ccc(Cn2cc(C#N)ccc2=O)cc1-c1cccc([N+](=O)[O-])c1.COc1ccc(Cn2cc(C(N)=O)ccc2=O)cc1-c1cccc([N+](=O)[O-])c1.Cl. The average Bonchev–Trinajstić information content (AvgIpc) is 3.19. The van der Waals surface area contributed by atoms with Crippen LogP contribution in [-0.4, -0.2) is 39.1 Å². The van der Waals surface area contributed by atoms with Gasteiger partial charge in [-0.15, -0.1) is 12.4 Å². The Morgan fingerprint density at radius 2 is 1.14 bits per heavy atom. The summed E-state index contributed by atoms with van der Waals surface area (Å²) in [7, 11) is 3.04. The van der Waals surface area contributed by atoms with Crippen molar-refractivity contribution in [1.29, 1.82) is 5.26 Å². The first-order valence-corrected chi connectivity index (χ1v) is 16.3. The third kappa shape index (κ3) is 11.2. The van der Waals surface area contributed by atoms with Crippen LogP contribution < -0.4 is 26.3 Å². The first kappa shape index (κ1) is 46.6. The van der Waals surface area contributed by atoms with Gasteiger partial charge in [0.25, 0.3) is 22.5 Å². The summed E-state index contributed by atoms with van der Waals surface area (Å²) < 4.78 is 13.6. The van der Waals surface area contributed by atoms with E-state index in [1.165, 1.54) is 84.3 Å². The van der Waals surface area contributed by atoms with E-state index in [0.29, 0.717) is 39.3 Å². The highest BCUT2D eigenvalue weighted by Crippen LogP contribution is 2.34. The van der Waals surface area contributed by atoms with Gasteiger partial charge in [0, 0.05) is 59.9 Å². The van der Waals surface area contributed by atoms with E-state index in [9.17, 15) is 34.6 Å². The van der Waals surface area contributed by atoms with Crippen molar-refractivity contribution in [3.05, 3.63) is 185 Å². The number of carbonyl (C=O) groups is 1. The number of carbonyl (C=O) groups excluding carboxylic acids is 1. The van der Waals surface area contributed by atoms with Gasteiger partial charge in [0.1, 0.15) is 17.6 Å². The fourth-order valence-electron chi connectivity index (χ4n) is 5.65. The number of nitrogens with two attached hydrogens (primary N) is 1. The number of nitriles is 1. The molecule has 0 saturated carbocycles. The Bertz CT molecular complexity index is 2600. The summed E-state index contributed by atoms with van der Waals surface area (Å²) >= 11 is 0. The fraction of sp³-hybridized carbons (Fsp3) is 0.143. The zero-order chi connectivity index (χ0) is 39.6. The first-order chi connectivity index (χ1) is 26.4. The van der Waals surface area contributed by atoms with Crippen LogP contribution in [0.4, 0.5) is 11.4 Å². The molecule has 0 aliphatic rings. The van der Waals surface area contributed by atoms with Gasteiger partial charge in [-0.25, -0.2) is 0 Å². The molecule has 58 heavy (non-hydrogen) atoms. The van der Waals surface area contributed by atoms with Gasteiger partial charge in [0.2, 0.25) is 5.91 Å². The number of nitro benzene ring substituents is 2. The van der Waals surface area contributed by atoms with Gasteiger partial charge in [-0.05, 0) is 58.7 Å². The number of non-ortho nitro benzene ring substituents is 2. The minimum Gasteiger partial charge on any atom is -0.496 e. The monoisotopic (exact) mass is 808 g/mol. The zero-order valence-electron chi connectivity index (χ0n) is 29.9. The molecule has 0 spiro atoms. The number of methoxy groups -OCH3 is 2. The second kappa shape index (κ2) is 20.9. The molecule has 0 radical (unpaired) electrons. The van der Waals surface area contributed by atoms with Crippen molar-refractivity contribution < 1.29 is 24.1 Å². The Hall–Kier alpha value is -7.57. The molecule has 6 aromatic rings. The molecule has 0 fully saturated rings. The average molecular weight is 809 g/mol. The molecule has 0 saturated heterocycles. The Labute approximate surface area is 339 Å². The maximum Gasteiger partial charge on any atom is 0.270 e. The van der Waals surface area contributed by atoms with E-state index in [-0.39, 0.29) is 68.4 Å². The van der Waals surface area contributed by atoms with Crippen LogP contribution in [0.25, 0.3) is 22.3 Å². The van der Waals surface area contributed by atoms with Crippen LogP contribution in [0, 0.1) is 31.6 Å². The molecular formula is C42H41ClN6O9. The predicted molar refractivity (Wildman–Crippen MR) is 224 cm³/mol. The van der Waals surface area contributed by atoms with Crippen molar-refractivity contribution in [3.8, 4) is 39.8 Å². The van der Waals surface area contributed by atoms with Gasteiger partial charge in [-0.1, -0.05) is 51.3 Å². The Morgan fingerprint density at radius 1 is 0.690 bits per heavy atom. The maximum atomic E-state index is 12.1. The van der Waals surface area contributed by atoms with Gasteiger partial charge >= 0.3 is 0 Å². The summed E-state index contributed by atoms with van der Waals surface area (Å²) in [4.78, 5) is 56.7. The Morgan fingerprint density at radius 3 is 1.55 bits per heavy atom. The maximum absolute atomic E-state index is 12.1. The lowest BCUT2D eigenvalue weighted by Gasteiger charge is -2.12. The van der Waals surface area contributed by atoms with E-state index in [2.05, 4.69) is 0 Å². The molecule has 6 rings (SSSR count). The van der Waals surface area contributed by atoms with Crippen molar-refractivity contribution in [2.24, 2.45) is 5.73 Å². The lowest BCUT2D eigenvalue weighted by atomic mass is 10.0. The summed E-state index contributed by atoms with van der Waals surface area (Å²) in [5.41, 5.74) is 9.50. The third-order valence-electron chi connectivity index (χ3n) is 8.35. The second-order valence-corrected chi connectivity index (χ2v) is 11.9. The molecular weight excluding hydrogens is 768 g/mol. The van der Waals surface area contributed by atoms with Gasteiger partial charge in [-0.3, -0.25) is 34.6 Å². The molecule has 0 bridgehead atoms. The molecule has 0 aliphatic heterocycles. The van der Waals surface area contributed by atoms with Gasteiger partial charge < -0.3 is 24.3 Å². The number of halogens is 1. The molecule has 15 nitrogen and oxygen atoms in total. The summed E-state index contributed by atoms with van der Waals surface area (Å²) in [6, 6.07) is 30.7. The lowest BCUT2D eigenvalue weighted by Crippen LogP contribution is -2.22. The lowest BCUT2D eigenvalue weighted by molar-refractivity contribution is -0.385. The summed E-state index contributed by atoms with van der Waals surface area (Å²) in [5, 5.41) is 31.1. The predicted octanol–water partition coefficient (Wildman–Crippen LogP) is 7.63. The second-order valence-electron chi connectivity index (χ2n) is 11.9. The number of primary amides is 1. The van der Waals surface area contributed by atoms with Gasteiger partial charge in [-0.2, -0.15) is 5.26 Å². The molecule has 0 aliphatic carbocycles. The van der Waals surface area contributed by atoms with Crippen molar-refractivity contribution >= 4 is 29.7 Å². The van der Waals surface area contributed by atoms with Crippen molar-refractivity contribution in [3.63, 3.8) is 0 Å². The number of pyridine rings is 2. The van der Waals surface area contributed by atoms with Crippen LogP contribution in [0.5, 0.6) is 11.5 Å². The van der Waals surface area contributed by atoms with E-state index >= 15 is 0 Å². The van der Waals surface area contributed by atoms with E-state index < -0.39 is 15.8 Å². The number of nitro groups is 2. The molecule has 0 atom stereocenters. The van der Waals surface area contributed by atoms with Gasteiger partial charge in [0.15, 0.2) is 0 Å². The van der Waals surface area contributed by atoms with Crippen molar-refractivity contribution in [2.45, 2.75) is 27.9 Å². The van der Waals surface area contributed by atoms with E-state index in [1.807, 2.05) is 18.2 Å². The quantitative estimate of drug-likeness (QED) is 0.0997. The highest BCUT2D eigenvalue weighted by molar-refractivity contribution is 5.92. The normalized spacial score (nSPS) is 9.81. The fourth-order valence-corrected chi connectivity index (χ4v) is 5.65. The Kier molecular flexibility index (Phi) is 16.8. The molecule has 2 aromatic heterocycles. The van der Waals surface area contributed by atoms with Gasteiger partial charge in [0.05, 0.1) is 48.3 Å². The molecule has 300 valence electrons. The summed E-state index contributed by atoms with van der Waals surface area (Å²) in [5.74, 6) is 0.487. The van der Waals surface area contributed by atoms with E-state index in [1.54, 1.807) is 48.5 Å². The van der Waals surface area contributed by atoms with Crippen molar-refractivity contribution in [1.82, 2.24) is 9.13 Å². The topological polar surface area (TPSA) is 216 Å². The molecule has 1 amide bonds. The van der Waals surface area contributed by atoms with E-state index in [0.717, 1.165) is 11.1 Å². The minimum absolute atomic E-state index is 0. The number of nitrogens with zero attached hydrogens (tertiary/aromatic N) is 5. The van der Waals surface area contributed by atoms with Crippen LogP contribution in [0.2, 0.25) is 0 Å². The highest BCUT2D eigenvalue weighted by atomic mass is 35.5. The number of hydrogen-bond donors (Lipinski definition) is 1. The molecule has 4 aromatic carbocycles. The number of rotatable bonds is 11. The molecule has 0 unspecified atom stereocenters. The summed E-state index contributed by atoms with van der Waals surface area (Å²) in [6.07, 6.45) is 2.90. The van der Waals surface area contributed by atoms with Crippen LogP contribution >= 0.6 is 12.4 Å². The zero-order valence-corrected chi connectivity index (χ0v) is 30.7. The van der Waals surface area contributed by atoms with Crippen LogP contribution in [-0.2, 0) is 13.1 Å². The number of hydrogen-bond acceptors (Lipinski definition) is 10. The molecule has 2 heterocycles. The third-order valence-corrected chi connectivity index (χ3v) is 8.35. The van der Waals surface area contributed by atoms with Crippen LogP contribution in [0.1, 0.15) is 41.9 Å². The van der Waals surface area contributed by atoms with Crippen LogP contribution in [0.3, 0.4) is 0 Å². The smallest absolute Gasteiger partial charge is 0.270 e. The van der Waals surface area contributed by atoms with E-state index in [4.69, 9.17) is 20.5 Å². The summed E-state index contributed by atoms with van der Waals surface area (Å²) in [6.45, 7) is 0.464. The van der Waals surface area contributed by atoms with Crippen molar-refractivity contribution in [2.75, 3.05) is 14.2 Å². The number of benzene rings is 4. The molecule has 16 heteroatoms. The number of ether oxygens (including phenoxy) is 2. The first-order valence-electron chi connectivity index (χ1n) is 16.3. The molecule has 2 N–H and O–H groups in total. The number of amides is 1. The van der Waals surface area contributed by atoms with Crippen LogP contribution in [0.15, 0.2) is 131 Å².